The minimum Gasteiger partial charge on any atom is -0.316 e. The van der Waals surface area contributed by atoms with Gasteiger partial charge in [0.25, 0.3) is 0 Å². The standard InChI is InChI=1S/C18H23N/c1-15(17-9-5-3-6-10-17)13-19-14-16(2)18-11-7-4-8-12-18/h3-12,15-16,19H,13-14H2,1-2H3/t15-,16-/m1/s1. The quantitative estimate of drug-likeness (QED) is 0.814. The van der Waals surface area contributed by atoms with Gasteiger partial charge >= 0.3 is 0 Å². The molecule has 0 saturated heterocycles. The molecule has 0 saturated carbocycles. The number of rotatable bonds is 6. The first-order valence-electron chi connectivity index (χ1n) is 7.08. The molecule has 0 radical (unpaired) electrons. The van der Waals surface area contributed by atoms with Crippen LogP contribution in [0.5, 0.6) is 0 Å². The van der Waals surface area contributed by atoms with Gasteiger partial charge in [-0.3, -0.25) is 0 Å². The fraction of sp³-hybridized carbons (Fsp3) is 0.333. The summed E-state index contributed by atoms with van der Waals surface area (Å²) in [5.74, 6) is 1.12. The van der Waals surface area contributed by atoms with E-state index < -0.39 is 0 Å². The van der Waals surface area contributed by atoms with Crippen LogP contribution in [0.1, 0.15) is 36.8 Å². The predicted molar refractivity (Wildman–Crippen MR) is 82.6 cm³/mol. The fourth-order valence-corrected chi connectivity index (χ4v) is 2.32. The van der Waals surface area contributed by atoms with Crippen LogP contribution in [0.25, 0.3) is 0 Å². The molecule has 1 heteroatoms. The van der Waals surface area contributed by atoms with Crippen molar-refractivity contribution in [3.8, 4) is 0 Å². The van der Waals surface area contributed by atoms with Gasteiger partial charge in [-0.25, -0.2) is 0 Å². The maximum absolute atomic E-state index is 3.58. The molecule has 0 aromatic heterocycles. The van der Waals surface area contributed by atoms with Crippen molar-refractivity contribution in [3.63, 3.8) is 0 Å². The van der Waals surface area contributed by atoms with Gasteiger partial charge in [0.1, 0.15) is 0 Å². The summed E-state index contributed by atoms with van der Waals surface area (Å²) in [4.78, 5) is 0. The summed E-state index contributed by atoms with van der Waals surface area (Å²) in [6.45, 7) is 6.60. The van der Waals surface area contributed by atoms with Crippen LogP contribution in [0, 0.1) is 0 Å². The molecule has 2 rings (SSSR count). The zero-order chi connectivity index (χ0) is 13.5. The first kappa shape index (κ1) is 13.8. The topological polar surface area (TPSA) is 12.0 Å². The maximum atomic E-state index is 3.58. The van der Waals surface area contributed by atoms with Crippen molar-refractivity contribution in [1.82, 2.24) is 5.32 Å². The molecule has 2 aromatic carbocycles. The van der Waals surface area contributed by atoms with E-state index in [9.17, 15) is 0 Å². The molecule has 2 aromatic rings. The molecule has 0 aliphatic carbocycles. The summed E-state index contributed by atoms with van der Waals surface area (Å²) in [7, 11) is 0. The van der Waals surface area contributed by atoms with Crippen molar-refractivity contribution in [2.75, 3.05) is 13.1 Å². The molecular weight excluding hydrogens is 230 g/mol. The third-order valence-electron chi connectivity index (χ3n) is 3.64. The first-order valence-corrected chi connectivity index (χ1v) is 7.08. The summed E-state index contributed by atoms with van der Waals surface area (Å²) in [6.07, 6.45) is 0. The highest BCUT2D eigenvalue weighted by Gasteiger charge is 2.07. The lowest BCUT2D eigenvalue weighted by Crippen LogP contribution is -2.24. The van der Waals surface area contributed by atoms with Crippen molar-refractivity contribution in [3.05, 3.63) is 71.8 Å². The third-order valence-corrected chi connectivity index (χ3v) is 3.64. The summed E-state index contributed by atoms with van der Waals surface area (Å²) < 4.78 is 0. The Morgan fingerprint density at radius 3 is 1.42 bits per heavy atom. The Labute approximate surface area is 116 Å². The minimum absolute atomic E-state index is 0.559. The fourth-order valence-electron chi connectivity index (χ4n) is 2.32. The van der Waals surface area contributed by atoms with Gasteiger partial charge < -0.3 is 5.32 Å². The Hall–Kier alpha value is -1.60. The van der Waals surface area contributed by atoms with E-state index in [0.717, 1.165) is 13.1 Å². The number of benzene rings is 2. The van der Waals surface area contributed by atoms with Crippen LogP contribution in [0.4, 0.5) is 0 Å². The molecule has 100 valence electrons. The monoisotopic (exact) mass is 253 g/mol. The van der Waals surface area contributed by atoms with Crippen LogP contribution >= 0.6 is 0 Å². The van der Waals surface area contributed by atoms with Gasteiger partial charge in [-0.05, 0) is 23.0 Å². The Kier molecular flexibility index (Phi) is 5.17. The second-order valence-corrected chi connectivity index (χ2v) is 5.28. The highest BCUT2D eigenvalue weighted by molar-refractivity contribution is 5.20. The molecule has 0 bridgehead atoms. The highest BCUT2D eigenvalue weighted by Crippen LogP contribution is 2.15. The lowest BCUT2D eigenvalue weighted by Gasteiger charge is -2.16. The molecule has 19 heavy (non-hydrogen) atoms. The number of hydrogen-bond donors (Lipinski definition) is 1. The second-order valence-electron chi connectivity index (χ2n) is 5.28. The van der Waals surface area contributed by atoms with E-state index >= 15 is 0 Å². The second kappa shape index (κ2) is 7.10. The van der Waals surface area contributed by atoms with E-state index in [1.807, 2.05) is 0 Å². The van der Waals surface area contributed by atoms with Gasteiger partial charge in [-0.1, -0.05) is 74.5 Å². The molecule has 1 N–H and O–H groups in total. The van der Waals surface area contributed by atoms with Crippen LogP contribution in [0.2, 0.25) is 0 Å². The maximum Gasteiger partial charge on any atom is 0.00177 e. The largest absolute Gasteiger partial charge is 0.316 e. The number of hydrogen-bond acceptors (Lipinski definition) is 1. The average Bonchev–Trinajstić information content (AvgIpc) is 2.49. The van der Waals surface area contributed by atoms with E-state index in [4.69, 9.17) is 0 Å². The summed E-state index contributed by atoms with van der Waals surface area (Å²) >= 11 is 0. The molecule has 0 aliphatic rings. The van der Waals surface area contributed by atoms with E-state index in [1.165, 1.54) is 11.1 Å². The summed E-state index contributed by atoms with van der Waals surface area (Å²) in [6, 6.07) is 21.4. The van der Waals surface area contributed by atoms with Crippen molar-refractivity contribution in [2.24, 2.45) is 0 Å². The first-order chi connectivity index (χ1) is 9.27. The van der Waals surface area contributed by atoms with Gasteiger partial charge in [0, 0.05) is 13.1 Å². The Balaban J connectivity index is 1.78. The lowest BCUT2D eigenvalue weighted by molar-refractivity contribution is 0.574. The minimum atomic E-state index is 0.559. The Bertz CT molecular complexity index is 418. The molecule has 2 atom stereocenters. The molecule has 0 aliphatic heterocycles. The van der Waals surface area contributed by atoms with Gasteiger partial charge in [0.2, 0.25) is 0 Å². The van der Waals surface area contributed by atoms with Gasteiger partial charge in [0.05, 0.1) is 0 Å². The normalized spacial score (nSPS) is 14.0. The molecule has 0 spiro atoms. The van der Waals surface area contributed by atoms with Crippen LogP contribution in [-0.4, -0.2) is 13.1 Å². The van der Waals surface area contributed by atoms with Crippen molar-refractivity contribution in [2.45, 2.75) is 25.7 Å². The molecule has 1 nitrogen and oxygen atoms in total. The Morgan fingerprint density at radius 1 is 0.684 bits per heavy atom. The van der Waals surface area contributed by atoms with Crippen molar-refractivity contribution in [1.29, 1.82) is 0 Å². The number of nitrogens with one attached hydrogen (secondary N) is 1. The van der Waals surface area contributed by atoms with Crippen molar-refractivity contribution < 1.29 is 0 Å². The van der Waals surface area contributed by atoms with Gasteiger partial charge in [0.15, 0.2) is 0 Å². The zero-order valence-electron chi connectivity index (χ0n) is 11.8. The van der Waals surface area contributed by atoms with E-state index in [1.54, 1.807) is 0 Å². The third kappa shape index (κ3) is 4.22. The van der Waals surface area contributed by atoms with Crippen molar-refractivity contribution >= 4 is 0 Å². The molecule has 0 fully saturated rings. The zero-order valence-corrected chi connectivity index (χ0v) is 11.8. The summed E-state index contributed by atoms with van der Waals surface area (Å²) in [5, 5.41) is 3.58. The average molecular weight is 253 g/mol. The predicted octanol–water partition coefficient (Wildman–Crippen LogP) is 4.18. The van der Waals surface area contributed by atoms with E-state index in [0.29, 0.717) is 11.8 Å². The van der Waals surface area contributed by atoms with E-state index in [-0.39, 0.29) is 0 Å². The summed E-state index contributed by atoms with van der Waals surface area (Å²) in [5.41, 5.74) is 2.81. The van der Waals surface area contributed by atoms with Crippen LogP contribution in [0.3, 0.4) is 0 Å². The van der Waals surface area contributed by atoms with Crippen LogP contribution < -0.4 is 5.32 Å². The molecule has 0 unspecified atom stereocenters. The smallest absolute Gasteiger partial charge is 0.00177 e. The molecule has 0 heterocycles. The Morgan fingerprint density at radius 2 is 1.05 bits per heavy atom. The lowest BCUT2D eigenvalue weighted by atomic mass is 9.99. The van der Waals surface area contributed by atoms with Crippen LogP contribution in [0.15, 0.2) is 60.7 Å². The SMILES string of the molecule is C[C@H](CNC[C@@H](C)c1ccccc1)c1ccccc1. The van der Waals surface area contributed by atoms with Crippen LogP contribution in [-0.2, 0) is 0 Å². The van der Waals surface area contributed by atoms with Gasteiger partial charge in [-0.15, -0.1) is 0 Å². The molecular formula is C18H23N. The van der Waals surface area contributed by atoms with Gasteiger partial charge in [-0.2, -0.15) is 0 Å². The highest BCUT2D eigenvalue weighted by atomic mass is 14.9. The van der Waals surface area contributed by atoms with E-state index in [2.05, 4.69) is 79.8 Å². The molecule has 0 amide bonds.